The number of fused-ring (bicyclic) bond motifs is 2. The fourth-order valence-corrected chi connectivity index (χ4v) is 5.10. The molecule has 172 valence electrons. The van der Waals surface area contributed by atoms with Gasteiger partial charge in [-0.3, -0.25) is 4.79 Å². The predicted molar refractivity (Wildman–Crippen MR) is 129 cm³/mol. The first-order valence-corrected chi connectivity index (χ1v) is 11.5. The molecule has 0 bridgehead atoms. The smallest absolute Gasteiger partial charge is 0.234 e. The highest BCUT2D eigenvalue weighted by Gasteiger charge is 2.38. The van der Waals surface area contributed by atoms with E-state index in [0.29, 0.717) is 30.9 Å². The van der Waals surface area contributed by atoms with Crippen molar-refractivity contribution in [3.8, 4) is 0 Å². The van der Waals surface area contributed by atoms with Crippen molar-refractivity contribution in [2.75, 3.05) is 16.8 Å². The fraction of sp³-hybridized carbons (Fsp3) is 0.308. The molecular formula is C26H26N6O2. The molecule has 6 rings (SSSR count). The Hall–Kier alpha value is -3.78. The number of benzene rings is 2. The molecule has 8 nitrogen and oxygen atoms in total. The van der Waals surface area contributed by atoms with Crippen LogP contribution in [-0.4, -0.2) is 43.2 Å². The summed E-state index contributed by atoms with van der Waals surface area (Å²) in [4.78, 5) is 23.9. The van der Waals surface area contributed by atoms with Crippen LogP contribution in [0.5, 0.6) is 0 Å². The summed E-state index contributed by atoms with van der Waals surface area (Å²) in [6.45, 7) is 4.36. The molecule has 2 atom stereocenters. The Morgan fingerprint density at radius 1 is 1.18 bits per heavy atom. The Morgan fingerprint density at radius 2 is 2.00 bits per heavy atom. The van der Waals surface area contributed by atoms with E-state index in [1.54, 1.807) is 16.9 Å². The van der Waals surface area contributed by atoms with E-state index < -0.39 is 11.5 Å². The Labute approximate surface area is 197 Å². The summed E-state index contributed by atoms with van der Waals surface area (Å²) in [6.07, 6.45) is 4.27. The average molecular weight is 455 g/mol. The maximum atomic E-state index is 12.3. The van der Waals surface area contributed by atoms with Crippen molar-refractivity contribution in [2.45, 2.75) is 44.2 Å². The number of β-amino-alcohol motifs (C(OH)–C–C–N with tert-alkyl or cyclic N) is 1. The van der Waals surface area contributed by atoms with E-state index in [-0.39, 0.29) is 11.9 Å². The number of nitrogens with one attached hydrogen (secondary N) is 1. The van der Waals surface area contributed by atoms with Gasteiger partial charge >= 0.3 is 0 Å². The number of amides is 1. The van der Waals surface area contributed by atoms with Crippen molar-refractivity contribution in [3.05, 3.63) is 83.4 Å². The second kappa shape index (κ2) is 7.63. The summed E-state index contributed by atoms with van der Waals surface area (Å²) in [7, 11) is 0. The standard InChI is InChI=1S/C26H26N6O2/c1-26(2)19-9-8-16(12-20(19)28-25(26)34)13-22-29-24-23(27-10-11-32(24)30-22)31-15-18(33)14-21(31)17-6-4-3-5-7-17/h3-12,18,21,33H,13-15H2,1-2H3,(H,28,34)/t18-,21-/m0/s1. The molecule has 0 saturated carbocycles. The van der Waals surface area contributed by atoms with Crippen molar-refractivity contribution >= 4 is 23.1 Å². The third-order valence-corrected chi connectivity index (χ3v) is 6.95. The fourth-order valence-electron chi connectivity index (χ4n) is 5.10. The number of aromatic nitrogens is 4. The monoisotopic (exact) mass is 454 g/mol. The lowest BCUT2D eigenvalue weighted by atomic mass is 9.86. The van der Waals surface area contributed by atoms with E-state index in [9.17, 15) is 9.90 Å². The van der Waals surface area contributed by atoms with Gasteiger partial charge in [0.25, 0.3) is 0 Å². The second-order valence-electron chi connectivity index (χ2n) is 9.65. The van der Waals surface area contributed by atoms with E-state index in [0.717, 1.165) is 28.2 Å². The van der Waals surface area contributed by atoms with Crippen LogP contribution in [0.1, 0.15) is 48.8 Å². The number of anilines is 2. The van der Waals surface area contributed by atoms with Gasteiger partial charge in [-0.1, -0.05) is 42.5 Å². The molecule has 8 heteroatoms. The molecule has 4 heterocycles. The van der Waals surface area contributed by atoms with Gasteiger partial charge < -0.3 is 15.3 Å². The molecule has 0 aliphatic carbocycles. The van der Waals surface area contributed by atoms with Gasteiger partial charge in [-0.15, -0.1) is 0 Å². The number of hydrogen-bond acceptors (Lipinski definition) is 6. The highest BCUT2D eigenvalue weighted by molar-refractivity contribution is 6.05. The zero-order valence-corrected chi connectivity index (χ0v) is 19.1. The van der Waals surface area contributed by atoms with Crippen molar-refractivity contribution in [3.63, 3.8) is 0 Å². The van der Waals surface area contributed by atoms with Crippen LogP contribution in [0.15, 0.2) is 60.9 Å². The number of carbonyl (C=O) groups is 1. The van der Waals surface area contributed by atoms with Gasteiger partial charge in [-0.2, -0.15) is 5.10 Å². The third-order valence-electron chi connectivity index (χ3n) is 6.95. The molecule has 1 fully saturated rings. The van der Waals surface area contributed by atoms with Gasteiger partial charge in [0.1, 0.15) is 0 Å². The summed E-state index contributed by atoms with van der Waals surface area (Å²) >= 11 is 0. The molecule has 34 heavy (non-hydrogen) atoms. The normalized spacial score (nSPS) is 21.1. The van der Waals surface area contributed by atoms with Gasteiger partial charge in [-0.05, 0) is 43.0 Å². The highest BCUT2D eigenvalue weighted by atomic mass is 16.3. The lowest BCUT2D eigenvalue weighted by molar-refractivity contribution is -0.119. The summed E-state index contributed by atoms with van der Waals surface area (Å²) in [5, 5.41) is 18.1. The van der Waals surface area contributed by atoms with E-state index in [1.165, 1.54) is 0 Å². The first-order chi connectivity index (χ1) is 16.4. The van der Waals surface area contributed by atoms with Crippen LogP contribution in [0.3, 0.4) is 0 Å². The molecule has 1 amide bonds. The predicted octanol–water partition coefficient (Wildman–Crippen LogP) is 3.26. The molecule has 0 spiro atoms. The van der Waals surface area contributed by atoms with Crippen LogP contribution in [0, 0.1) is 0 Å². The quantitative estimate of drug-likeness (QED) is 0.492. The molecule has 2 aliphatic rings. The second-order valence-corrected chi connectivity index (χ2v) is 9.65. The number of hydrogen-bond donors (Lipinski definition) is 2. The van der Waals surface area contributed by atoms with E-state index in [4.69, 9.17) is 4.98 Å². The van der Waals surface area contributed by atoms with E-state index in [1.807, 2.05) is 50.2 Å². The number of carbonyl (C=O) groups excluding carboxylic acids is 1. The van der Waals surface area contributed by atoms with Gasteiger partial charge in [0.15, 0.2) is 17.3 Å². The van der Waals surface area contributed by atoms with Crippen LogP contribution in [-0.2, 0) is 16.6 Å². The Morgan fingerprint density at radius 3 is 2.82 bits per heavy atom. The Balaban J connectivity index is 1.33. The lowest BCUT2D eigenvalue weighted by Crippen LogP contribution is -2.26. The minimum atomic E-state index is -0.522. The Bertz CT molecular complexity index is 1400. The molecule has 0 unspecified atom stereocenters. The van der Waals surface area contributed by atoms with Gasteiger partial charge in [0.2, 0.25) is 5.91 Å². The van der Waals surface area contributed by atoms with Crippen LogP contribution >= 0.6 is 0 Å². The maximum absolute atomic E-state index is 12.3. The van der Waals surface area contributed by atoms with Crippen molar-refractivity contribution < 1.29 is 9.90 Å². The lowest BCUT2D eigenvalue weighted by Gasteiger charge is -2.25. The molecule has 2 aromatic heterocycles. The highest BCUT2D eigenvalue weighted by Crippen LogP contribution is 2.38. The van der Waals surface area contributed by atoms with Crippen molar-refractivity contribution in [2.24, 2.45) is 0 Å². The molecule has 2 aromatic carbocycles. The average Bonchev–Trinajstić information content (AvgIpc) is 3.47. The summed E-state index contributed by atoms with van der Waals surface area (Å²) in [6, 6.07) is 16.3. The largest absolute Gasteiger partial charge is 0.391 e. The molecular weight excluding hydrogens is 428 g/mol. The van der Waals surface area contributed by atoms with Gasteiger partial charge in [0.05, 0.1) is 17.6 Å². The number of rotatable bonds is 4. The minimum Gasteiger partial charge on any atom is -0.391 e. The first-order valence-electron chi connectivity index (χ1n) is 11.5. The van der Waals surface area contributed by atoms with Gasteiger partial charge in [-0.25, -0.2) is 14.5 Å². The third kappa shape index (κ3) is 3.33. The topological polar surface area (TPSA) is 95.7 Å². The molecule has 0 radical (unpaired) electrons. The van der Waals surface area contributed by atoms with Crippen molar-refractivity contribution in [1.82, 2.24) is 19.6 Å². The van der Waals surface area contributed by atoms with Crippen LogP contribution in [0.4, 0.5) is 11.5 Å². The maximum Gasteiger partial charge on any atom is 0.234 e. The molecule has 1 saturated heterocycles. The zero-order chi connectivity index (χ0) is 23.4. The summed E-state index contributed by atoms with van der Waals surface area (Å²) in [5.41, 5.74) is 4.19. The zero-order valence-electron chi connectivity index (χ0n) is 19.1. The first kappa shape index (κ1) is 20.8. The summed E-state index contributed by atoms with van der Waals surface area (Å²) in [5.74, 6) is 1.41. The molecule has 2 N–H and O–H groups in total. The van der Waals surface area contributed by atoms with E-state index in [2.05, 4.69) is 32.4 Å². The minimum absolute atomic E-state index is 0.0157. The SMILES string of the molecule is CC1(C)C(=O)Nc2cc(Cc3nc4c(N5C[C@@H](O)C[C@H]5c5ccccc5)nccn4n3)ccc21. The number of nitrogens with zero attached hydrogens (tertiary/aromatic N) is 5. The van der Waals surface area contributed by atoms with Crippen molar-refractivity contribution in [1.29, 1.82) is 0 Å². The van der Waals surface area contributed by atoms with Gasteiger partial charge in [0, 0.05) is 31.0 Å². The molecule has 2 aliphatic heterocycles. The van der Waals surface area contributed by atoms with Crippen LogP contribution < -0.4 is 10.2 Å². The van der Waals surface area contributed by atoms with E-state index >= 15 is 0 Å². The number of aliphatic hydroxyl groups is 1. The van der Waals surface area contributed by atoms with Crippen LogP contribution in [0.2, 0.25) is 0 Å². The summed E-state index contributed by atoms with van der Waals surface area (Å²) < 4.78 is 1.75. The van der Waals surface area contributed by atoms with Crippen LogP contribution in [0.25, 0.3) is 5.65 Å². The molecule has 4 aromatic rings. The number of aliphatic hydroxyl groups excluding tert-OH is 1. The Kier molecular flexibility index (Phi) is 4.67.